The molecule has 1 aromatic carbocycles. The predicted molar refractivity (Wildman–Crippen MR) is 67.4 cm³/mol. The third-order valence-corrected chi connectivity index (χ3v) is 3.80. The second kappa shape index (κ2) is 4.48. The van der Waals surface area contributed by atoms with Crippen molar-refractivity contribution in [3.05, 3.63) is 41.2 Å². The largest absolute Gasteiger partial charge is 0.497 e. The van der Waals surface area contributed by atoms with Crippen molar-refractivity contribution in [1.82, 2.24) is 0 Å². The lowest BCUT2D eigenvalue weighted by Crippen LogP contribution is -2.07. The summed E-state index contributed by atoms with van der Waals surface area (Å²) in [6, 6.07) is 7.02. The number of benzene rings is 1. The SMILES string of the molecule is COc1ccc(C(=O)OC2=C3CCC(C3)C2)cc1. The summed E-state index contributed by atoms with van der Waals surface area (Å²) in [7, 11) is 1.61. The molecule has 0 heterocycles. The van der Waals surface area contributed by atoms with Crippen molar-refractivity contribution in [1.29, 1.82) is 0 Å². The lowest BCUT2D eigenvalue weighted by Gasteiger charge is -2.12. The summed E-state index contributed by atoms with van der Waals surface area (Å²) in [5.41, 5.74) is 1.92. The van der Waals surface area contributed by atoms with E-state index in [2.05, 4.69) is 0 Å². The fourth-order valence-electron chi connectivity index (χ4n) is 2.78. The monoisotopic (exact) mass is 244 g/mol. The summed E-state index contributed by atoms with van der Waals surface area (Å²) in [6.45, 7) is 0. The van der Waals surface area contributed by atoms with E-state index in [1.54, 1.807) is 31.4 Å². The average Bonchev–Trinajstić information content (AvgIpc) is 3.01. The highest BCUT2D eigenvalue weighted by Gasteiger charge is 2.32. The number of rotatable bonds is 3. The zero-order valence-electron chi connectivity index (χ0n) is 10.4. The van der Waals surface area contributed by atoms with Crippen molar-refractivity contribution in [3.63, 3.8) is 0 Å². The molecule has 3 heteroatoms. The fourth-order valence-corrected chi connectivity index (χ4v) is 2.78. The maximum Gasteiger partial charge on any atom is 0.343 e. The van der Waals surface area contributed by atoms with E-state index in [4.69, 9.17) is 9.47 Å². The zero-order valence-corrected chi connectivity index (χ0v) is 10.4. The Labute approximate surface area is 106 Å². The molecule has 1 atom stereocenters. The minimum absolute atomic E-state index is 0.257. The van der Waals surface area contributed by atoms with E-state index in [9.17, 15) is 4.79 Å². The fraction of sp³-hybridized carbons (Fsp3) is 0.400. The van der Waals surface area contributed by atoms with Gasteiger partial charge in [0, 0.05) is 6.42 Å². The van der Waals surface area contributed by atoms with Gasteiger partial charge in [-0.25, -0.2) is 4.79 Å². The molecule has 1 aromatic rings. The Balaban J connectivity index is 1.71. The van der Waals surface area contributed by atoms with Crippen LogP contribution in [0.25, 0.3) is 0 Å². The molecule has 0 saturated heterocycles. The highest BCUT2D eigenvalue weighted by Crippen LogP contribution is 2.44. The van der Waals surface area contributed by atoms with Crippen molar-refractivity contribution in [2.75, 3.05) is 7.11 Å². The van der Waals surface area contributed by atoms with Crippen molar-refractivity contribution >= 4 is 5.97 Å². The molecule has 0 aromatic heterocycles. The first kappa shape index (κ1) is 11.3. The molecule has 0 spiro atoms. The quantitative estimate of drug-likeness (QED) is 0.765. The Kier molecular flexibility index (Phi) is 2.82. The van der Waals surface area contributed by atoms with Crippen LogP contribution in [-0.2, 0) is 4.74 Å². The Morgan fingerprint density at radius 1 is 1.22 bits per heavy atom. The van der Waals surface area contributed by atoms with E-state index in [1.165, 1.54) is 12.0 Å². The van der Waals surface area contributed by atoms with Gasteiger partial charge in [0.15, 0.2) is 0 Å². The molecule has 1 saturated carbocycles. The van der Waals surface area contributed by atoms with Gasteiger partial charge in [0.05, 0.1) is 12.7 Å². The van der Waals surface area contributed by atoms with Crippen LogP contribution >= 0.6 is 0 Å². The number of carbonyl (C=O) groups is 1. The van der Waals surface area contributed by atoms with E-state index in [0.29, 0.717) is 5.56 Å². The molecule has 94 valence electrons. The highest BCUT2D eigenvalue weighted by molar-refractivity contribution is 5.90. The van der Waals surface area contributed by atoms with Crippen LogP contribution in [-0.4, -0.2) is 13.1 Å². The molecule has 2 bridgehead atoms. The molecular weight excluding hydrogens is 228 g/mol. The first-order chi connectivity index (χ1) is 8.76. The van der Waals surface area contributed by atoms with E-state index < -0.39 is 0 Å². The van der Waals surface area contributed by atoms with Crippen molar-refractivity contribution in [2.45, 2.75) is 25.7 Å². The molecule has 0 amide bonds. The lowest BCUT2D eigenvalue weighted by molar-refractivity contribution is 0.0607. The van der Waals surface area contributed by atoms with Gasteiger partial charge in [-0.05, 0) is 55.0 Å². The number of hydrogen-bond donors (Lipinski definition) is 0. The number of esters is 1. The predicted octanol–water partition coefficient (Wildman–Crippen LogP) is 3.31. The minimum Gasteiger partial charge on any atom is -0.497 e. The molecule has 2 aliphatic rings. The Morgan fingerprint density at radius 3 is 2.56 bits per heavy atom. The first-order valence-electron chi connectivity index (χ1n) is 6.33. The summed E-state index contributed by atoms with van der Waals surface area (Å²) >= 11 is 0. The van der Waals surface area contributed by atoms with Crippen LogP contribution in [0.5, 0.6) is 5.75 Å². The smallest absolute Gasteiger partial charge is 0.343 e. The van der Waals surface area contributed by atoms with Gasteiger partial charge in [-0.3, -0.25) is 0 Å². The molecule has 3 rings (SSSR count). The van der Waals surface area contributed by atoms with Crippen LogP contribution in [0.3, 0.4) is 0 Å². The van der Waals surface area contributed by atoms with E-state index in [0.717, 1.165) is 36.7 Å². The second-order valence-electron chi connectivity index (χ2n) is 4.96. The van der Waals surface area contributed by atoms with Crippen LogP contribution in [0.15, 0.2) is 35.6 Å². The van der Waals surface area contributed by atoms with Gasteiger partial charge in [-0.2, -0.15) is 0 Å². The average molecular weight is 244 g/mol. The normalized spacial score (nSPS) is 21.3. The number of fused-ring (bicyclic) bond motifs is 2. The van der Waals surface area contributed by atoms with Gasteiger partial charge < -0.3 is 9.47 Å². The second-order valence-corrected chi connectivity index (χ2v) is 4.96. The standard InChI is InChI=1S/C15H16O3/c1-17-13-6-4-11(5-7-13)15(16)18-14-9-10-2-3-12(14)8-10/h4-7,10H,2-3,8-9H2,1H3. The molecule has 0 aliphatic heterocycles. The third kappa shape index (κ3) is 2.01. The van der Waals surface area contributed by atoms with Crippen molar-refractivity contribution in [2.24, 2.45) is 5.92 Å². The van der Waals surface area contributed by atoms with Crippen molar-refractivity contribution in [3.8, 4) is 5.75 Å². The summed E-state index contributed by atoms with van der Waals surface area (Å²) in [6.07, 6.45) is 4.44. The molecule has 0 radical (unpaired) electrons. The number of methoxy groups -OCH3 is 1. The van der Waals surface area contributed by atoms with Gasteiger partial charge in [-0.1, -0.05) is 0 Å². The van der Waals surface area contributed by atoms with Crippen LogP contribution in [0, 0.1) is 5.92 Å². The van der Waals surface area contributed by atoms with E-state index in [1.807, 2.05) is 0 Å². The Bertz CT molecular complexity index is 499. The van der Waals surface area contributed by atoms with Crippen molar-refractivity contribution < 1.29 is 14.3 Å². The van der Waals surface area contributed by atoms with Gasteiger partial charge >= 0.3 is 5.97 Å². The molecule has 2 aliphatic carbocycles. The molecule has 3 nitrogen and oxygen atoms in total. The number of allylic oxidation sites excluding steroid dienone is 2. The summed E-state index contributed by atoms with van der Waals surface area (Å²) in [4.78, 5) is 12.0. The van der Waals surface area contributed by atoms with Crippen LogP contribution in [0.2, 0.25) is 0 Å². The number of ether oxygens (including phenoxy) is 2. The minimum atomic E-state index is -0.257. The first-order valence-corrected chi connectivity index (χ1v) is 6.33. The number of carbonyl (C=O) groups excluding carboxylic acids is 1. The number of hydrogen-bond acceptors (Lipinski definition) is 3. The third-order valence-electron chi connectivity index (χ3n) is 3.80. The maximum absolute atomic E-state index is 12.0. The molecular formula is C15H16O3. The van der Waals surface area contributed by atoms with Gasteiger partial charge in [0.2, 0.25) is 0 Å². The van der Waals surface area contributed by atoms with Crippen LogP contribution in [0.4, 0.5) is 0 Å². The van der Waals surface area contributed by atoms with Gasteiger partial charge in [0.1, 0.15) is 11.5 Å². The van der Waals surface area contributed by atoms with Gasteiger partial charge in [0.25, 0.3) is 0 Å². The summed E-state index contributed by atoms with van der Waals surface area (Å²) in [5, 5.41) is 0. The van der Waals surface area contributed by atoms with Crippen LogP contribution < -0.4 is 4.74 Å². The van der Waals surface area contributed by atoms with E-state index in [-0.39, 0.29) is 5.97 Å². The Hall–Kier alpha value is -1.77. The van der Waals surface area contributed by atoms with E-state index >= 15 is 0 Å². The van der Waals surface area contributed by atoms with Gasteiger partial charge in [-0.15, -0.1) is 0 Å². The molecule has 0 N–H and O–H groups in total. The molecule has 1 unspecified atom stereocenters. The molecule has 18 heavy (non-hydrogen) atoms. The molecule has 1 fully saturated rings. The topological polar surface area (TPSA) is 35.5 Å². The summed E-state index contributed by atoms with van der Waals surface area (Å²) < 4.78 is 10.6. The lowest BCUT2D eigenvalue weighted by atomic mass is 10.0. The highest BCUT2D eigenvalue weighted by atomic mass is 16.5. The Morgan fingerprint density at radius 2 is 2.00 bits per heavy atom. The summed E-state index contributed by atoms with van der Waals surface area (Å²) in [5.74, 6) is 2.13. The zero-order chi connectivity index (χ0) is 12.5. The van der Waals surface area contributed by atoms with Crippen LogP contribution in [0.1, 0.15) is 36.0 Å². The maximum atomic E-state index is 12.0.